The molecule has 10 heavy (non-hydrogen) atoms. The van der Waals surface area contributed by atoms with E-state index >= 15 is 0 Å². The van der Waals surface area contributed by atoms with Gasteiger partial charge in [-0.25, -0.2) is 0 Å². The first-order valence-corrected chi connectivity index (χ1v) is 9.02. The van der Waals surface area contributed by atoms with E-state index in [9.17, 15) is 0 Å². The molecule has 0 saturated carbocycles. The largest absolute Gasteiger partial charge is 0.338 e. The lowest BCUT2D eigenvalue weighted by molar-refractivity contribution is 0.772. The number of hydrogen-bond donors (Lipinski definition) is 0. The van der Waals surface area contributed by atoms with Crippen LogP contribution < -0.4 is 0 Å². The molecule has 0 atom stereocenters. The fourth-order valence-electron chi connectivity index (χ4n) is 0.354. The third-order valence-electron chi connectivity index (χ3n) is 0.707. The summed E-state index contributed by atoms with van der Waals surface area (Å²) in [5, 5.41) is 0. The van der Waals surface area contributed by atoms with Crippen LogP contribution in [0.5, 0.6) is 0 Å². The van der Waals surface area contributed by atoms with Crippen LogP contribution in [0.1, 0.15) is 33.1 Å². The Kier molecular flexibility index (Phi) is 11.2. The first kappa shape index (κ1) is 13.7. The maximum Gasteiger partial charge on any atom is 0.338 e. The van der Waals surface area contributed by atoms with Crippen LogP contribution in [0.15, 0.2) is 0 Å². The Morgan fingerprint density at radius 3 is 1.20 bits per heavy atom. The molecule has 0 aromatic heterocycles. The van der Waals surface area contributed by atoms with Gasteiger partial charge >= 0.3 is 6.00 Å². The van der Waals surface area contributed by atoms with Crippen LogP contribution in [0.4, 0.5) is 0 Å². The zero-order chi connectivity index (χ0) is 8.62. The van der Waals surface area contributed by atoms with Gasteiger partial charge < -0.3 is 0 Å². The topological polar surface area (TPSA) is 0 Å². The fraction of sp³-hybridized carbons (Fsp3) is 1.00. The zero-order valence-corrected chi connectivity index (χ0v) is 10.0. The monoisotopic (exact) mass is 220 g/mol. The molecule has 0 amide bonds. The van der Waals surface area contributed by atoms with Gasteiger partial charge in [-0.3, -0.25) is 0 Å². The highest BCUT2D eigenvalue weighted by Gasteiger charge is 2.13. The second-order valence-corrected chi connectivity index (χ2v) is 12.2. The predicted molar refractivity (Wildman–Crippen MR) is 54.4 cm³/mol. The summed E-state index contributed by atoms with van der Waals surface area (Å²) in [6, 6.07) is -2.19. The van der Waals surface area contributed by atoms with E-state index in [1.165, 1.54) is 19.3 Å². The lowest BCUT2D eigenvalue weighted by Crippen LogP contribution is -1.97. The minimum absolute atomic E-state index is 1.34. The predicted octanol–water partition coefficient (Wildman–Crippen LogP) is 4.47. The third kappa shape index (κ3) is 62.4. The Labute approximate surface area is 79.0 Å². The number of unbranched alkanes of at least 4 members (excludes halogenated alkanes) is 2. The van der Waals surface area contributed by atoms with Gasteiger partial charge in [0.1, 0.15) is 0 Å². The van der Waals surface area contributed by atoms with E-state index in [0.717, 1.165) is 0 Å². The van der Waals surface area contributed by atoms with E-state index in [2.05, 4.69) is 13.8 Å². The molecule has 0 aliphatic rings. The average Bonchev–Trinajstić information content (AvgIpc) is 1.63. The van der Waals surface area contributed by atoms with Crippen molar-refractivity contribution in [3.8, 4) is 0 Å². The summed E-state index contributed by atoms with van der Waals surface area (Å²) in [7, 11) is 0. The van der Waals surface area contributed by atoms with Crippen LogP contribution in [0.3, 0.4) is 0 Å². The molecular formula is C6H15Cl3Si. The Bertz CT molecular complexity index is 52.5. The van der Waals surface area contributed by atoms with E-state index in [1.807, 2.05) is 0 Å². The summed E-state index contributed by atoms with van der Waals surface area (Å²) in [4.78, 5) is 0. The lowest BCUT2D eigenvalue weighted by atomic mass is 10.3. The Morgan fingerprint density at radius 1 is 1.00 bits per heavy atom. The van der Waals surface area contributed by atoms with Crippen molar-refractivity contribution in [1.82, 2.24) is 0 Å². The van der Waals surface area contributed by atoms with Crippen LogP contribution in [0, 0.1) is 0 Å². The Morgan fingerprint density at radius 2 is 1.20 bits per heavy atom. The van der Waals surface area contributed by atoms with Crippen LogP contribution >= 0.6 is 33.2 Å². The van der Waals surface area contributed by atoms with E-state index in [0.29, 0.717) is 0 Å². The van der Waals surface area contributed by atoms with Crippen molar-refractivity contribution in [2.75, 3.05) is 0 Å². The molecule has 0 rings (SSSR count). The van der Waals surface area contributed by atoms with Crippen LogP contribution in [-0.4, -0.2) is 6.00 Å². The molecule has 0 nitrogen and oxygen atoms in total. The Hall–Kier alpha value is 1.09. The lowest BCUT2D eigenvalue weighted by Gasteiger charge is -1.89. The SMILES string of the molecule is CCCCC.C[Si](Cl)(Cl)Cl. The standard InChI is InChI=1S/C5H12.CH3Cl3Si/c1-3-5-4-2;1-5(2,3)4/h3-5H2,1-2H3;1H3. The quantitative estimate of drug-likeness (QED) is 0.477. The molecular weight excluding hydrogens is 207 g/mol. The van der Waals surface area contributed by atoms with Crippen molar-refractivity contribution in [2.24, 2.45) is 0 Å². The maximum absolute atomic E-state index is 5.20. The molecule has 0 radical (unpaired) electrons. The minimum atomic E-state index is -2.19. The molecule has 0 fully saturated rings. The van der Waals surface area contributed by atoms with Gasteiger partial charge in [0.05, 0.1) is 0 Å². The number of rotatable bonds is 2. The molecule has 0 heterocycles. The summed E-state index contributed by atoms with van der Waals surface area (Å²) in [5.74, 6) is 0. The van der Waals surface area contributed by atoms with Gasteiger partial charge in [0.2, 0.25) is 0 Å². The summed E-state index contributed by atoms with van der Waals surface area (Å²) < 4.78 is 0. The third-order valence-corrected chi connectivity index (χ3v) is 0.707. The summed E-state index contributed by atoms with van der Waals surface area (Å²) in [6.07, 6.45) is 4.08. The second kappa shape index (κ2) is 8.19. The van der Waals surface area contributed by atoms with Gasteiger partial charge in [0, 0.05) is 0 Å². The molecule has 0 N–H and O–H groups in total. The van der Waals surface area contributed by atoms with E-state index in [4.69, 9.17) is 33.2 Å². The van der Waals surface area contributed by atoms with Gasteiger partial charge in [0.25, 0.3) is 0 Å². The molecule has 0 aliphatic heterocycles. The maximum atomic E-state index is 5.20. The molecule has 64 valence electrons. The molecule has 0 aromatic carbocycles. The highest BCUT2D eigenvalue weighted by atomic mass is 35.8. The smallest absolute Gasteiger partial charge is 0.126 e. The minimum Gasteiger partial charge on any atom is -0.126 e. The normalized spacial score (nSPS) is 10.2. The number of halogens is 3. The summed E-state index contributed by atoms with van der Waals surface area (Å²) in [5.41, 5.74) is 0. The molecule has 0 aliphatic carbocycles. The average molecular weight is 222 g/mol. The first-order chi connectivity index (χ1) is 4.41. The molecule has 4 heteroatoms. The van der Waals surface area contributed by atoms with Crippen molar-refractivity contribution in [2.45, 2.75) is 39.7 Å². The second-order valence-electron chi connectivity index (χ2n) is 2.13. The summed E-state index contributed by atoms with van der Waals surface area (Å²) >= 11 is 15.6. The van der Waals surface area contributed by atoms with Crippen molar-refractivity contribution >= 4 is 39.2 Å². The highest BCUT2D eigenvalue weighted by molar-refractivity contribution is 7.64. The van der Waals surface area contributed by atoms with E-state index in [1.54, 1.807) is 6.55 Å². The molecule has 0 unspecified atom stereocenters. The van der Waals surface area contributed by atoms with E-state index in [-0.39, 0.29) is 0 Å². The van der Waals surface area contributed by atoms with Gasteiger partial charge in [-0.2, -0.15) is 0 Å². The Balaban J connectivity index is 0. The summed E-state index contributed by atoms with van der Waals surface area (Å²) in [6.45, 7) is 6.05. The molecule has 0 saturated heterocycles. The molecule has 0 aromatic rings. The molecule has 0 bridgehead atoms. The van der Waals surface area contributed by atoms with Gasteiger partial charge in [-0.05, 0) is 6.55 Å². The van der Waals surface area contributed by atoms with E-state index < -0.39 is 6.00 Å². The van der Waals surface area contributed by atoms with Crippen LogP contribution in [0.2, 0.25) is 6.55 Å². The van der Waals surface area contributed by atoms with Gasteiger partial charge in [0.15, 0.2) is 0 Å². The first-order valence-electron chi connectivity index (χ1n) is 3.48. The van der Waals surface area contributed by atoms with Crippen molar-refractivity contribution < 1.29 is 0 Å². The number of hydrogen-bond acceptors (Lipinski definition) is 0. The van der Waals surface area contributed by atoms with Crippen molar-refractivity contribution in [3.63, 3.8) is 0 Å². The van der Waals surface area contributed by atoms with Crippen LogP contribution in [0.25, 0.3) is 0 Å². The van der Waals surface area contributed by atoms with Crippen molar-refractivity contribution in [3.05, 3.63) is 0 Å². The van der Waals surface area contributed by atoms with Gasteiger partial charge in [-0.15, -0.1) is 33.2 Å². The zero-order valence-electron chi connectivity index (χ0n) is 6.76. The molecule has 0 spiro atoms. The van der Waals surface area contributed by atoms with Crippen molar-refractivity contribution in [1.29, 1.82) is 0 Å². The highest BCUT2D eigenvalue weighted by Crippen LogP contribution is 2.17. The fourth-order valence-corrected chi connectivity index (χ4v) is 0.354. The van der Waals surface area contributed by atoms with Crippen LogP contribution in [-0.2, 0) is 0 Å². The van der Waals surface area contributed by atoms with Gasteiger partial charge in [-0.1, -0.05) is 33.1 Å².